The smallest absolute Gasteiger partial charge is 0.337 e. The molecule has 0 unspecified atom stereocenters. The summed E-state index contributed by atoms with van der Waals surface area (Å²) < 4.78 is 0. The topological polar surface area (TPSA) is 92.4 Å². The average molecular weight is 269 g/mol. The molecule has 0 heterocycles. The molecule has 1 fully saturated rings. The lowest BCUT2D eigenvalue weighted by Crippen LogP contribution is -2.56. The van der Waals surface area contributed by atoms with E-state index in [1.54, 1.807) is 0 Å². The SMILES string of the molecule is NC1(C(=O)Nc2cc(Cl)ccc2C(=O)O)CCC1. The highest BCUT2D eigenvalue weighted by Crippen LogP contribution is 2.31. The van der Waals surface area contributed by atoms with Crippen molar-refractivity contribution in [2.24, 2.45) is 5.73 Å². The lowest BCUT2D eigenvalue weighted by Gasteiger charge is -2.36. The lowest BCUT2D eigenvalue weighted by molar-refractivity contribution is -0.123. The van der Waals surface area contributed by atoms with Crippen molar-refractivity contribution in [1.29, 1.82) is 0 Å². The number of carboxylic acids is 1. The summed E-state index contributed by atoms with van der Waals surface area (Å²) >= 11 is 5.79. The molecule has 0 atom stereocenters. The Hall–Kier alpha value is -1.59. The van der Waals surface area contributed by atoms with Gasteiger partial charge in [-0.15, -0.1) is 0 Å². The minimum Gasteiger partial charge on any atom is -0.478 e. The number of aromatic carboxylic acids is 1. The number of carboxylic acid groups (broad SMARTS) is 1. The van der Waals surface area contributed by atoms with Crippen LogP contribution in [0, 0.1) is 0 Å². The van der Waals surface area contributed by atoms with Crippen molar-refractivity contribution < 1.29 is 14.7 Å². The number of carbonyl (C=O) groups is 2. The standard InChI is InChI=1S/C12H13ClN2O3/c13-7-2-3-8(10(16)17)9(6-7)15-11(18)12(14)4-1-5-12/h2-3,6H,1,4-5,14H2,(H,15,18)(H,16,17). The fraction of sp³-hybridized carbons (Fsp3) is 0.333. The number of anilines is 1. The van der Waals surface area contributed by atoms with Gasteiger partial charge in [-0.25, -0.2) is 4.79 Å². The van der Waals surface area contributed by atoms with Gasteiger partial charge in [0.2, 0.25) is 5.91 Å². The number of halogens is 1. The summed E-state index contributed by atoms with van der Waals surface area (Å²) in [6, 6.07) is 4.22. The molecule has 0 radical (unpaired) electrons. The van der Waals surface area contributed by atoms with Gasteiger partial charge in [-0.2, -0.15) is 0 Å². The van der Waals surface area contributed by atoms with E-state index in [1.807, 2.05) is 0 Å². The lowest BCUT2D eigenvalue weighted by atomic mass is 9.77. The third-order valence-electron chi connectivity index (χ3n) is 3.16. The van der Waals surface area contributed by atoms with Crippen LogP contribution in [0.3, 0.4) is 0 Å². The zero-order chi connectivity index (χ0) is 13.3. The van der Waals surface area contributed by atoms with Gasteiger partial charge >= 0.3 is 5.97 Å². The molecule has 0 aromatic heterocycles. The number of nitrogens with one attached hydrogen (secondary N) is 1. The number of carbonyl (C=O) groups excluding carboxylic acids is 1. The Morgan fingerprint density at radius 1 is 1.39 bits per heavy atom. The number of hydrogen-bond donors (Lipinski definition) is 3. The van der Waals surface area contributed by atoms with Crippen molar-refractivity contribution in [3.63, 3.8) is 0 Å². The Morgan fingerprint density at radius 2 is 2.06 bits per heavy atom. The summed E-state index contributed by atoms with van der Waals surface area (Å²) in [6.45, 7) is 0. The molecule has 0 bridgehead atoms. The average Bonchev–Trinajstić information content (AvgIpc) is 2.25. The predicted molar refractivity (Wildman–Crippen MR) is 67.8 cm³/mol. The molecular formula is C12H13ClN2O3. The van der Waals surface area contributed by atoms with Gasteiger partial charge in [0.05, 0.1) is 16.8 Å². The molecule has 1 aliphatic carbocycles. The van der Waals surface area contributed by atoms with Crippen molar-refractivity contribution in [3.8, 4) is 0 Å². The number of amides is 1. The van der Waals surface area contributed by atoms with E-state index in [1.165, 1.54) is 18.2 Å². The van der Waals surface area contributed by atoms with Gasteiger partial charge in [0.25, 0.3) is 0 Å². The molecular weight excluding hydrogens is 256 g/mol. The number of nitrogens with two attached hydrogens (primary N) is 1. The summed E-state index contributed by atoms with van der Waals surface area (Å²) in [5, 5.41) is 11.9. The highest BCUT2D eigenvalue weighted by molar-refractivity contribution is 6.31. The molecule has 0 aliphatic heterocycles. The molecule has 1 aromatic carbocycles. The van der Waals surface area contributed by atoms with E-state index in [0.29, 0.717) is 17.9 Å². The molecule has 0 spiro atoms. The monoisotopic (exact) mass is 268 g/mol. The number of benzene rings is 1. The first-order valence-electron chi connectivity index (χ1n) is 5.55. The predicted octanol–water partition coefficient (Wildman–Crippen LogP) is 1.86. The first kappa shape index (κ1) is 12.9. The second-order valence-electron chi connectivity index (χ2n) is 4.46. The largest absolute Gasteiger partial charge is 0.478 e. The molecule has 96 valence electrons. The zero-order valence-electron chi connectivity index (χ0n) is 9.57. The molecule has 1 saturated carbocycles. The van der Waals surface area contributed by atoms with Crippen LogP contribution in [0.4, 0.5) is 5.69 Å². The minimum atomic E-state index is -1.12. The van der Waals surface area contributed by atoms with E-state index in [2.05, 4.69) is 5.32 Å². The fourth-order valence-corrected chi connectivity index (χ4v) is 2.01. The summed E-state index contributed by atoms with van der Waals surface area (Å²) in [5.74, 6) is -1.49. The van der Waals surface area contributed by atoms with Crippen LogP contribution in [0.2, 0.25) is 5.02 Å². The number of hydrogen-bond acceptors (Lipinski definition) is 3. The maximum atomic E-state index is 11.9. The molecule has 0 saturated heterocycles. The quantitative estimate of drug-likeness (QED) is 0.780. The maximum Gasteiger partial charge on any atom is 0.337 e. The summed E-state index contributed by atoms with van der Waals surface area (Å²) in [6.07, 6.45) is 2.13. The van der Waals surface area contributed by atoms with Crippen LogP contribution in [0.5, 0.6) is 0 Å². The van der Waals surface area contributed by atoms with E-state index in [-0.39, 0.29) is 17.2 Å². The molecule has 1 aliphatic rings. The molecule has 2 rings (SSSR count). The van der Waals surface area contributed by atoms with Gasteiger partial charge in [-0.1, -0.05) is 11.6 Å². The van der Waals surface area contributed by atoms with Crippen LogP contribution in [-0.4, -0.2) is 22.5 Å². The summed E-state index contributed by atoms with van der Waals surface area (Å²) in [4.78, 5) is 23.0. The molecule has 5 nitrogen and oxygen atoms in total. The fourth-order valence-electron chi connectivity index (χ4n) is 1.84. The van der Waals surface area contributed by atoms with E-state index in [0.717, 1.165) is 6.42 Å². The van der Waals surface area contributed by atoms with Crippen LogP contribution in [-0.2, 0) is 4.79 Å². The molecule has 18 heavy (non-hydrogen) atoms. The van der Waals surface area contributed by atoms with Gasteiger partial charge in [0.15, 0.2) is 0 Å². The Bertz CT molecular complexity index is 512. The second kappa shape index (κ2) is 4.59. The molecule has 6 heteroatoms. The van der Waals surface area contributed by atoms with Crippen molar-refractivity contribution in [2.75, 3.05) is 5.32 Å². The van der Waals surface area contributed by atoms with Gasteiger partial charge in [0, 0.05) is 5.02 Å². The molecule has 1 amide bonds. The molecule has 1 aromatic rings. The Morgan fingerprint density at radius 3 is 2.56 bits per heavy atom. The van der Waals surface area contributed by atoms with Crippen LogP contribution in [0.1, 0.15) is 29.6 Å². The van der Waals surface area contributed by atoms with E-state index < -0.39 is 11.5 Å². The van der Waals surface area contributed by atoms with Crippen molar-refractivity contribution >= 4 is 29.2 Å². The highest BCUT2D eigenvalue weighted by atomic mass is 35.5. The van der Waals surface area contributed by atoms with E-state index in [4.69, 9.17) is 22.4 Å². The Balaban J connectivity index is 2.25. The van der Waals surface area contributed by atoms with Crippen molar-refractivity contribution in [3.05, 3.63) is 28.8 Å². The normalized spacial score (nSPS) is 16.8. The van der Waals surface area contributed by atoms with Gasteiger partial charge in [-0.3, -0.25) is 4.79 Å². The maximum absolute atomic E-state index is 11.9. The minimum absolute atomic E-state index is 0.00401. The Labute approximate surface area is 109 Å². The first-order valence-corrected chi connectivity index (χ1v) is 5.93. The van der Waals surface area contributed by atoms with E-state index in [9.17, 15) is 9.59 Å². The van der Waals surface area contributed by atoms with Crippen LogP contribution in [0.25, 0.3) is 0 Å². The van der Waals surface area contributed by atoms with E-state index >= 15 is 0 Å². The third kappa shape index (κ3) is 2.32. The highest BCUT2D eigenvalue weighted by Gasteiger charge is 2.40. The summed E-state index contributed by atoms with van der Waals surface area (Å²) in [7, 11) is 0. The Kier molecular flexibility index (Phi) is 3.28. The van der Waals surface area contributed by atoms with Crippen LogP contribution in [0.15, 0.2) is 18.2 Å². The van der Waals surface area contributed by atoms with Gasteiger partial charge < -0.3 is 16.2 Å². The number of rotatable bonds is 3. The summed E-state index contributed by atoms with van der Waals surface area (Å²) in [5.41, 5.74) is 5.16. The third-order valence-corrected chi connectivity index (χ3v) is 3.39. The first-order chi connectivity index (χ1) is 8.42. The second-order valence-corrected chi connectivity index (χ2v) is 4.90. The van der Waals surface area contributed by atoms with Crippen molar-refractivity contribution in [1.82, 2.24) is 0 Å². The van der Waals surface area contributed by atoms with Gasteiger partial charge in [0.1, 0.15) is 0 Å². The van der Waals surface area contributed by atoms with Crippen LogP contribution < -0.4 is 11.1 Å². The molecule has 4 N–H and O–H groups in total. The van der Waals surface area contributed by atoms with Gasteiger partial charge in [-0.05, 0) is 37.5 Å². The van der Waals surface area contributed by atoms with Crippen LogP contribution >= 0.6 is 11.6 Å². The zero-order valence-corrected chi connectivity index (χ0v) is 10.3. The van der Waals surface area contributed by atoms with Crippen molar-refractivity contribution in [2.45, 2.75) is 24.8 Å².